The third-order valence-corrected chi connectivity index (χ3v) is 3.11. The molecule has 1 heterocycles. The minimum atomic E-state index is 0.529. The molecule has 0 N–H and O–H groups in total. The van der Waals surface area contributed by atoms with Crippen LogP contribution in [0, 0.1) is 29.6 Å². The summed E-state index contributed by atoms with van der Waals surface area (Å²) >= 11 is 0. The lowest BCUT2D eigenvalue weighted by atomic mass is 9.93. The first-order valence-electron chi connectivity index (χ1n) is 6.78. The maximum Gasteiger partial charge on any atom is 0.0146 e. The number of hydrogen-bond donors (Lipinski definition) is 0. The van der Waals surface area contributed by atoms with E-state index in [-0.39, 0.29) is 0 Å². The first-order valence-corrected chi connectivity index (χ1v) is 6.78. The van der Waals surface area contributed by atoms with E-state index in [0.29, 0.717) is 5.92 Å². The van der Waals surface area contributed by atoms with E-state index in [1.165, 1.54) is 32.5 Å². The van der Waals surface area contributed by atoms with E-state index in [9.17, 15) is 0 Å². The SMILES string of the molecule is CC(C)C#CCC1CCN(CC(C)C)CC1. The molecule has 1 fully saturated rings. The van der Waals surface area contributed by atoms with Crippen molar-refractivity contribution in [2.75, 3.05) is 19.6 Å². The average Bonchev–Trinajstić information content (AvgIpc) is 2.19. The monoisotopic (exact) mass is 221 g/mol. The van der Waals surface area contributed by atoms with Gasteiger partial charge in [0.25, 0.3) is 0 Å². The van der Waals surface area contributed by atoms with E-state index in [1.54, 1.807) is 0 Å². The number of piperidine rings is 1. The molecule has 0 aromatic carbocycles. The Hall–Kier alpha value is -0.480. The van der Waals surface area contributed by atoms with Crippen molar-refractivity contribution in [2.45, 2.75) is 47.0 Å². The van der Waals surface area contributed by atoms with Crippen LogP contribution in [-0.2, 0) is 0 Å². The third kappa shape index (κ3) is 5.56. The van der Waals surface area contributed by atoms with Gasteiger partial charge in [0.2, 0.25) is 0 Å². The van der Waals surface area contributed by atoms with Crippen LogP contribution in [0.15, 0.2) is 0 Å². The van der Waals surface area contributed by atoms with Crippen LogP contribution in [0.1, 0.15) is 47.0 Å². The molecule has 0 unspecified atom stereocenters. The molecule has 0 aliphatic carbocycles. The van der Waals surface area contributed by atoms with E-state index in [0.717, 1.165) is 18.3 Å². The minimum absolute atomic E-state index is 0.529. The quantitative estimate of drug-likeness (QED) is 0.660. The first kappa shape index (κ1) is 13.6. The number of likely N-dealkylation sites (tertiary alicyclic amines) is 1. The van der Waals surface area contributed by atoms with E-state index in [1.807, 2.05) is 0 Å². The molecular weight excluding hydrogens is 194 g/mol. The maximum absolute atomic E-state index is 3.34. The van der Waals surface area contributed by atoms with Crippen molar-refractivity contribution in [3.05, 3.63) is 0 Å². The van der Waals surface area contributed by atoms with Crippen LogP contribution in [0.25, 0.3) is 0 Å². The average molecular weight is 221 g/mol. The maximum atomic E-state index is 3.34. The standard InChI is InChI=1S/C15H27N/c1-13(2)6-5-7-15-8-10-16(11-9-15)12-14(3)4/h13-15H,7-12H2,1-4H3. The van der Waals surface area contributed by atoms with Gasteiger partial charge in [-0.05, 0) is 37.8 Å². The molecule has 0 radical (unpaired) electrons. The van der Waals surface area contributed by atoms with Gasteiger partial charge in [-0.15, -0.1) is 11.8 Å². The fourth-order valence-electron chi connectivity index (χ4n) is 2.30. The molecule has 0 saturated carbocycles. The second-order valence-electron chi connectivity index (χ2n) is 5.82. The highest BCUT2D eigenvalue weighted by molar-refractivity contribution is 5.02. The first-order chi connectivity index (χ1) is 7.58. The third-order valence-electron chi connectivity index (χ3n) is 3.11. The molecule has 1 heteroatoms. The molecule has 0 bridgehead atoms. The van der Waals surface area contributed by atoms with Crippen molar-refractivity contribution in [2.24, 2.45) is 17.8 Å². The Morgan fingerprint density at radius 3 is 2.25 bits per heavy atom. The smallest absolute Gasteiger partial charge is 0.0146 e. The zero-order valence-electron chi connectivity index (χ0n) is 11.4. The molecule has 0 aromatic heterocycles. The van der Waals surface area contributed by atoms with Crippen molar-refractivity contribution in [3.63, 3.8) is 0 Å². The summed E-state index contributed by atoms with van der Waals surface area (Å²) in [6.07, 6.45) is 3.81. The van der Waals surface area contributed by atoms with Gasteiger partial charge in [-0.3, -0.25) is 0 Å². The van der Waals surface area contributed by atoms with Gasteiger partial charge in [0.05, 0.1) is 0 Å². The lowest BCUT2D eigenvalue weighted by Crippen LogP contribution is -2.36. The summed E-state index contributed by atoms with van der Waals surface area (Å²) < 4.78 is 0. The van der Waals surface area contributed by atoms with E-state index in [2.05, 4.69) is 44.4 Å². The van der Waals surface area contributed by atoms with Gasteiger partial charge < -0.3 is 4.90 Å². The Bertz CT molecular complexity index is 236. The second-order valence-corrected chi connectivity index (χ2v) is 5.82. The lowest BCUT2D eigenvalue weighted by molar-refractivity contribution is 0.169. The highest BCUT2D eigenvalue weighted by Crippen LogP contribution is 2.20. The summed E-state index contributed by atoms with van der Waals surface area (Å²) in [5.74, 6) is 8.80. The van der Waals surface area contributed by atoms with E-state index in [4.69, 9.17) is 0 Å². The summed E-state index contributed by atoms with van der Waals surface area (Å²) in [7, 11) is 0. The number of rotatable bonds is 3. The highest BCUT2D eigenvalue weighted by Gasteiger charge is 2.18. The Morgan fingerprint density at radius 2 is 1.75 bits per heavy atom. The number of hydrogen-bond acceptors (Lipinski definition) is 1. The number of nitrogens with zero attached hydrogens (tertiary/aromatic N) is 1. The fourth-order valence-corrected chi connectivity index (χ4v) is 2.30. The van der Waals surface area contributed by atoms with Gasteiger partial charge in [-0.2, -0.15) is 0 Å². The molecule has 0 amide bonds. The zero-order valence-corrected chi connectivity index (χ0v) is 11.4. The van der Waals surface area contributed by atoms with Gasteiger partial charge in [-0.25, -0.2) is 0 Å². The minimum Gasteiger partial charge on any atom is -0.303 e. The van der Waals surface area contributed by atoms with Crippen LogP contribution in [0.5, 0.6) is 0 Å². The summed E-state index contributed by atoms with van der Waals surface area (Å²) in [5, 5.41) is 0. The molecule has 92 valence electrons. The Balaban J connectivity index is 2.20. The summed E-state index contributed by atoms with van der Waals surface area (Å²) in [6.45, 7) is 12.8. The van der Waals surface area contributed by atoms with Crippen molar-refractivity contribution in [1.29, 1.82) is 0 Å². The lowest BCUT2D eigenvalue weighted by Gasteiger charge is -2.32. The molecule has 16 heavy (non-hydrogen) atoms. The Morgan fingerprint density at radius 1 is 1.12 bits per heavy atom. The highest BCUT2D eigenvalue weighted by atomic mass is 15.1. The van der Waals surface area contributed by atoms with Gasteiger partial charge in [0.15, 0.2) is 0 Å². The predicted molar refractivity (Wildman–Crippen MR) is 71.2 cm³/mol. The van der Waals surface area contributed by atoms with E-state index >= 15 is 0 Å². The molecule has 1 nitrogen and oxygen atoms in total. The fraction of sp³-hybridized carbons (Fsp3) is 0.867. The molecular formula is C15H27N. The van der Waals surface area contributed by atoms with Gasteiger partial charge in [0, 0.05) is 18.9 Å². The Kier molecular flexibility index (Phi) is 5.91. The van der Waals surface area contributed by atoms with Crippen LogP contribution in [-0.4, -0.2) is 24.5 Å². The van der Waals surface area contributed by atoms with Crippen molar-refractivity contribution in [3.8, 4) is 11.8 Å². The molecule has 0 aromatic rings. The largest absolute Gasteiger partial charge is 0.303 e. The van der Waals surface area contributed by atoms with Crippen molar-refractivity contribution in [1.82, 2.24) is 4.90 Å². The van der Waals surface area contributed by atoms with Crippen LogP contribution in [0.4, 0.5) is 0 Å². The van der Waals surface area contributed by atoms with Gasteiger partial charge >= 0.3 is 0 Å². The van der Waals surface area contributed by atoms with E-state index < -0.39 is 0 Å². The summed E-state index contributed by atoms with van der Waals surface area (Å²) in [5.41, 5.74) is 0. The van der Waals surface area contributed by atoms with Gasteiger partial charge in [0.1, 0.15) is 0 Å². The zero-order chi connectivity index (χ0) is 12.0. The normalized spacial score (nSPS) is 18.9. The topological polar surface area (TPSA) is 3.24 Å². The molecule has 1 rings (SSSR count). The molecule has 1 aliphatic rings. The summed E-state index contributed by atoms with van der Waals surface area (Å²) in [6, 6.07) is 0. The van der Waals surface area contributed by atoms with Crippen LogP contribution in [0.3, 0.4) is 0 Å². The van der Waals surface area contributed by atoms with Crippen LogP contribution >= 0.6 is 0 Å². The van der Waals surface area contributed by atoms with Crippen molar-refractivity contribution >= 4 is 0 Å². The van der Waals surface area contributed by atoms with Crippen molar-refractivity contribution < 1.29 is 0 Å². The van der Waals surface area contributed by atoms with Crippen LogP contribution < -0.4 is 0 Å². The molecule has 0 spiro atoms. The Labute approximate surface area is 102 Å². The molecule has 1 aliphatic heterocycles. The van der Waals surface area contributed by atoms with Gasteiger partial charge in [-0.1, -0.05) is 27.7 Å². The molecule has 1 saturated heterocycles. The van der Waals surface area contributed by atoms with Crippen LogP contribution in [0.2, 0.25) is 0 Å². The molecule has 0 atom stereocenters. The second kappa shape index (κ2) is 6.97. The summed E-state index contributed by atoms with van der Waals surface area (Å²) in [4.78, 5) is 2.61. The predicted octanol–water partition coefficient (Wildman–Crippen LogP) is 3.40.